The molecule has 1 rings (SSSR count). The van der Waals surface area contributed by atoms with E-state index in [0.717, 1.165) is 25.4 Å². The number of carbonyl (C=O) groups excluding carboxylic acids is 1. The molecule has 0 aromatic rings. The number of hydrogen-bond acceptors (Lipinski definition) is 2. The summed E-state index contributed by atoms with van der Waals surface area (Å²) in [5.41, 5.74) is 0. The fraction of sp³-hybridized carbons (Fsp3) is 0.923. The Labute approximate surface area is 99.4 Å². The third-order valence-electron chi connectivity index (χ3n) is 3.20. The molecule has 3 heteroatoms. The molecule has 2 N–H and O–H groups in total. The van der Waals surface area contributed by atoms with Gasteiger partial charge in [-0.15, -0.1) is 0 Å². The minimum absolute atomic E-state index is 0.220. The molecule has 3 nitrogen and oxygen atoms in total. The highest BCUT2D eigenvalue weighted by Crippen LogP contribution is 2.23. The highest BCUT2D eigenvalue weighted by atomic mass is 16.1. The normalized spacial score (nSPS) is 16.9. The van der Waals surface area contributed by atoms with E-state index in [1.807, 2.05) is 0 Å². The van der Waals surface area contributed by atoms with Crippen LogP contribution in [0.4, 0.5) is 0 Å². The zero-order valence-electron chi connectivity index (χ0n) is 10.7. The number of amides is 1. The first-order valence-electron chi connectivity index (χ1n) is 6.68. The van der Waals surface area contributed by atoms with Gasteiger partial charge in [0, 0.05) is 19.0 Å². The minimum Gasteiger partial charge on any atom is -0.356 e. The molecule has 1 aliphatic rings. The van der Waals surface area contributed by atoms with E-state index in [9.17, 15) is 4.79 Å². The molecule has 0 radical (unpaired) electrons. The summed E-state index contributed by atoms with van der Waals surface area (Å²) < 4.78 is 0. The highest BCUT2D eigenvalue weighted by molar-refractivity contribution is 5.75. The molecule has 1 fully saturated rings. The molecular weight excluding hydrogens is 200 g/mol. The molecule has 1 aliphatic carbocycles. The van der Waals surface area contributed by atoms with Crippen LogP contribution in [0.25, 0.3) is 0 Å². The SMILES string of the molecule is CC(C)NCCCC(=O)NCC1CCCC1. The Hall–Kier alpha value is -0.570. The van der Waals surface area contributed by atoms with Crippen molar-refractivity contribution in [2.45, 2.75) is 58.4 Å². The highest BCUT2D eigenvalue weighted by Gasteiger charge is 2.15. The summed E-state index contributed by atoms with van der Waals surface area (Å²) in [5, 5.41) is 6.36. The van der Waals surface area contributed by atoms with Crippen molar-refractivity contribution in [2.24, 2.45) is 5.92 Å². The van der Waals surface area contributed by atoms with Gasteiger partial charge in [0.25, 0.3) is 0 Å². The lowest BCUT2D eigenvalue weighted by molar-refractivity contribution is -0.121. The molecule has 0 spiro atoms. The molecule has 0 heterocycles. The topological polar surface area (TPSA) is 41.1 Å². The van der Waals surface area contributed by atoms with Crippen LogP contribution < -0.4 is 10.6 Å². The van der Waals surface area contributed by atoms with Gasteiger partial charge in [0.15, 0.2) is 0 Å². The van der Waals surface area contributed by atoms with Crippen molar-refractivity contribution < 1.29 is 4.79 Å². The van der Waals surface area contributed by atoms with Crippen LogP contribution in [0, 0.1) is 5.92 Å². The number of carbonyl (C=O) groups is 1. The van der Waals surface area contributed by atoms with Crippen LogP contribution in [-0.4, -0.2) is 25.0 Å². The molecule has 0 unspecified atom stereocenters. The molecule has 94 valence electrons. The fourth-order valence-corrected chi connectivity index (χ4v) is 2.20. The third kappa shape index (κ3) is 6.11. The van der Waals surface area contributed by atoms with Gasteiger partial charge in [0.1, 0.15) is 0 Å². The zero-order chi connectivity index (χ0) is 11.8. The van der Waals surface area contributed by atoms with Crippen LogP contribution in [0.3, 0.4) is 0 Å². The predicted molar refractivity (Wildman–Crippen MR) is 67.3 cm³/mol. The summed E-state index contributed by atoms with van der Waals surface area (Å²) >= 11 is 0. The quantitative estimate of drug-likeness (QED) is 0.653. The molecule has 16 heavy (non-hydrogen) atoms. The van der Waals surface area contributed by atoms with Gasteiger partial charge in [0.05, 0.1) is 0 Å². The molecule has 0 atom stereocenters. The van der Waals surface area contributed by atoms with Crippen LogP contribution in [0.2, 0.25) is 0 Å². The van der Waals surface area contributed by atoms with Gasteiger partial charge < -0.3 is 10.6 Å². The Morgan fingerprint density at radius 1 is 1.31 bits per heavy atom. The summed E-state index contributed by atoms with van der Waals surface area (Å²) in [7, 11) is 0. The number of rotatable bonds is 7. The summed E-state index contributed by atoms with van der Waals surface area (Å²) in [6, 6.07) is 0.515. The van der Waals surface area contributed by atoms with Crippen molar-refractivity contribution >= 4 is 5.91 Å². The Balaban J connectivity index is 1.94. The Morgan fingerprint density at radius 3 is 2.62 bits per heavy atom. The van der Waals surface area contributed by atoms with Gasteiger partial charge in [-0.2, -0.15) is 0 Å². The molecule has 0 aliphatic heterocycles. The first-order chi connectivity index (χ1) is 7.68. The lowest BCUT2D eigenvalue weighted by atomic mass is 10.1. The van der Waals surface area contributed by atoms with Crippen LogP contribution in [0.15, 0.2) is 0 Å². The lowest BCUT2D eigenvalue weighted by Gasteiger charge is -2.11. The monoisotopic (exact) mass is 226 g/mol. The Bertz CT molecular complexity index is 198. The zero-order valence-corrected chi connectivity index (χ0v) is 10.7. The lowest BCUT2D eigenvalue weighted by Crippen LogP contribution is -2.29. The van der Waals surface area contributed by atoms with Crippen LogP contribution in [0.5, 0.6) is 0 Å². The van der Waals surface area contributed by atoms with Gasteiger partial charge in [-0.3, -0.25) is 4.79 Å². The first kappa shape index (κ1) is 13.5. The van der Waals surface area contributed by atoms with E-state index >= 15 is 0 Å². The second kappa shape index (κ2) is 7.66. The summed E-state index contributed by atoms with van der Waals surface area (Å²) in [5.74, 6) is 0.968. The van der Waals surface area contributed by atoms with E-state index in [1.165, 1.54) is 25.7 Å². The standard InChI is InChI=1S/C13H26N2O/c1-11(2)14-9-5-8-13(16)15-10-12-6-3-4-7-12/h11-12,14H,3-10H2,1-2H3,(H,15,16). The maximum atomic E-state index is 11.5. The van der Waals surface area contributed by atoms with E-state index in [0.29, 0.717) is 12.5 Å². The molecule has 0 aromatic carbocycles. The van der Waals surface area contributed by atoms with Crippen molar-refractivity contribution in [2.75, 3.05) is 13.1 Å². The van der Waals surface area contributed by atoms with Crippen LogP contribution in [-0.2, 0) is 4.79 Å². The maximum Gasteiger partial charge on any atom is 0.220 e. The van der Waals surface area contributed by atoms with Crippen molar-refractivity contribution in [3.63, 3.8) is 0 Å². The van der Waals surface area contributed by atoms with Crippen molar-refractivity contribution in [1.82, 2.24) is 10.6 Å². The summed E-state index contributed by atoms with van der Waals surface area (Å²) in [6.07, 6.45) is 6.89. The molecule has 1 amide bonds. The van der Waals surface area contributed by atoms with Crippen molar-refractivity contribution in [1.29, 1.82) is 0 Å². The van der Waals surface area contributed by atoms with E-state index < -0.39 is 0 Å². The van der Waals surface area contributed by atoms with Crippen LogP contribution >= 0.6 is 0 Å². The summed E-state index contributed by atoms with van der Waals surface area (Å²) in [4.78, 5) is 11.5. The Morgan fingerprint density at radius 2 is 2.00 bits per heavy atom. The average Bonchev–Trinajstić information content (AvgIpc) is 2.74. The van der Waals surface area contributed by atoms with E-state index in [2.05, 4.69) is 24.5 Å². The smallest absolute Gasteiger partial charge is 0.220 e. The van der Waals surface area contributed by atoms with Crippen molar-refractivity contribution in [3.05, 3.63) is 0 Å². The second-order valence-electron chi connectivity index (χ2n) is 5.17. The largest absolute Gasteiger partial charge is 0.356 e. The van der Waals surface area contributed by atoms with Gasteiger partial charge >= 0.3 is 0 Å². The third-order valence-corrected chi connectivity index (χ3v) is 3.20. The van der Waals surface area contributed by atoms with Crippen molar-refractivity contribution in [3.8, 4) is 0 Å². The van der Waals surface area contributed by atoms with E-state index in [1.54, 1.807) is 0 Å². The number of hydrogen-bond donors (Lipinski definition) is 2. The molecule has 0 saturated heterocycles. The van der Waals surface area contributed by atoms with Crippen LogP contribution in [0.1, 0.15) is 52.4 Å². The maximum absolute atomic E-state index is 11.5. The average molecular weight is 226 g/mol. The van der Waals surface area contributed by atoms with Gasteiger partial charge in [-0.1, -0.05) is 26.7 Å². The fourth-order valence-electron chi connectivity index (χ4n) is 2.20. The predicted octanol–water partition coefficient (Wildman–Crippen LogP) is 2.07. The number of nitrogens with one attached hydrogen (secondary N) is 2. The van der Waals surface area contributed by atoms with Gasteiger partial charge in [-0.25, -0.2) is 0 Å². The molecular formula is C13H26N2O. The second-order valence-corrected chi connectivity index (χ2v) is 5.17. The van der Waals surface area contributed by atoms with E-state index in [4.69, 9.17) is 0 Å². The Kier molecular flexibility index (Phi) is 6.46. The molecule has 1 saturated carbocycles. The van der Waals surface area contributed by atoms with E-state index in [-0.39, 0.29) is 5.91 Å². The molecule has 0 aromatic heterocycles. The van der Waals surface area contributed by atoms with Gasteiger partial charge in [-0.05, 0) is 31.7 Å². The van der Waals surface area contributed by atoms with Gasteiger partial charge in [0.2, 0.25) is 5.91 Å². The molecule has 0 bridgehead atoms. The minimum atomic E-state index is 0.220. The summed E-state index contributed by atoms with van der Waals surface area (Å²) in [6.45, 7) is 6.09. The first-order valence-corrected chi connectivity index (χ1v) is 6.68.